The van der Waals surface area contributed by atoms with E-state index in [1.807, 2.05) is 6.08 Å². The van der Waals surface area contributed by atoms with Gasteiger partial charge < -0.3 is 15.5 Å². The van der Waals surface area contributed by atoms with Gasteiger partial charge in [0.1, 0.15) is 0 Å². The number of allylic oxidation sites excluding steroid dienone is 3. The first-order chi connectivity index (χ1) is 27.2. The van der Waals surface area contributed by atoms with Gasteiger partial charge in [0.15, 0.2) is 0 Å². The summed E-state index contributed by atoms with van der Waals surface area (Å²) in [7, 11) is 0. The van der Waals surface area contributed by atoms with E-state index in [0.29, 0.717) is 6.42 Å². The number of rotatable bonds is 46. The number of aliphatic hydroxyl groups excluding tert-OH is 2. The van der Waals surface area contributed by atoms with Gasteiger partial charge in [0.2, 0.25) is 5.91 Å². The Bertz CT molecular complexity index is 795. The first-order valence-corrected chi connectivity index (χ1v) is 25.1. The number of aliphatic hydroxyl groups is 2. The maximum absolute atomic E-state index is 12.4. The molecule has 2 atom stereocenters. The predicted octanol–water partition coefficient (Wildman–Crippen LogP) is 16.0. The molecule has 55 heavy (non-hydrogen) atoms. The molecular formula is C51H99NO3. The van der Waals surface area contributed by atoms with E-state index in [9.17, 15) is 15.0 Å². The Morgan fingerprint density at radius 1 is 0.418 bits per heavy atom. The van der Waals surface area contributed by atoms with Gasteiger partial charge in [-0.25, -0.2) is 0 Å². The standard InChI is InChI=1S/C51H99NO3/c1-3-5-7-9-11-13-15-17-19-21-22-23-24-25-26-27-28-29-31-32-34-36-38-40-42-44-46-50(54)49(48-53)52-51(55)47-45-43-41-39-37-35-33-30-20-18-16-14-12-10-8-6-4-2/h18,20,44,46,49-50,53-54H,3-17,19,21-43,45,47-48H2,1-2H3,(H,52,55)/b20-18-,46-44+. The lowest BCUT2D eigenvalue weighted by Gasteiger charge is -2.20. The maximum Gasteiger partial charge on any atom is 0.220 e. The third kappa shape index (κ3) is 43.8. The number of hydrogen-bond acceptors (Lipinski definition) is 3. The number of hydrogen-bond donors (Lipinski definition) is 3. The molecule has 0 fully saturated rings. The fourth-order valence-electron chi connectivity index (χ4n) is 7.82. The second-order valence-electron chi connectivity index (χ2n) is 17.2. The van der Waals surface area contributed by atoms with E-state index in [1.54, 1.807) is 6.08 Å². The lowest BCUT2D eigenvalue weighted by molar-refractivity contribution is -0.123. The van der Waals surface area contributed by atoms with Gasteiger partial charge in [-0.3, -0.25) is 4.79 Å². The van der Waals surface area contributed by atoms with Crippen LogP contribution in [0.1, 0.15) is 277 Å². The van der Waals surface area contributed by atoms with Crippen molar-refractivity contribution in [1.82, 2.24) is 5.32 Å². The monoisotopic (exact) mass is 774 g/mol. The van der Waals surface area contributed by atoms with Crippen LogP contribution in [-0.2, 0) is 4.79 Å². The van der Waals surface area contributed by atoms with Crippen LogP contribution in [0.5, 0.6) is 0 Å². The lowest BCUT2D eigenvalue weighted by atomic mass is 10.0. The summed E-state index contributed by atoms with van der Waals surface area (Å²) in [5.41, 5.74) is 0. The van der Waals surface area contributed by atoms with Gasteiger partial charge >= 0.3 is 0 Å². The zero-order valence-electron chi connectivity index (χ0n) is 37.5. The Hall–Kier alpha value is -1.13. The molecule has 1 amide bonds. The van der Waals surface area contributed by atoms with E-state index in [1.165, 1.54) is 231 Å². The van der Waals surface area contributed by atoms with Crippen LogP contribution in [0.3, 0.4) is 0 Å². The van der Waals surface area contributed by atoms with Gasteiger partial charge in [-0.15, -0.1) is 0 Å². The minimum atomic E-state index is -0.839. The largest absolute Gasteiger partial charge is 0.394 e. The smallest absolute Gasteiger partial charge is 0.220 e. The number of unbranched alkanes of at least 4 members (excludes halogenated alkanes) is 37. The van der Waals surface area contributed by atoms with E-state index < -0.39 is 12.1 Å². The average Bonchev–Trinajstić information content (AvgIpc) is 3.19. The Morgan fingerprint density at radius 2 is 0.691 bits per heavy atom. The van der Waals surface area contributed by atoms with Crippen molar-refractivity contribution in [3.63, 3.8) is 0 Å². The summed E-state index contributed by atoms with van der Waals surface area (Å²) in [6.45, 7) is 4.33. The topological polar surface area (TPSA) is 69.6 Å². The van der Waals surface area contributed by atoms with Crippen LogP contribution in [0.15, 0.2) is 24.3 Å². The second kappa shape index (κ2) is 47.2. The fraction of sp³-hybridized carbons (Fsp3) is 0.902. The summed E-state index contributed by atoms with van der Waals surface area (Å²) in [5.74, 6) is -0.0655. The summed E-state index contributed by atoms with van der Waals surface area (Å²) in [4.78, 5) is 12.4. The molecular weight excluding hydrogens is 675 g/mol. The van der Waals surface area contributed by atoms with Gasteiger partial charge in [0.25, 0.3) is 0 Å². The van der Waals surface area contributed by atoms with E-state index in [-0.39, 0.29) is 12.5 Å². The number of amides is 1. The van der Waals surface area contributed by atoms with E-state index >= 15 is 0 Å². The summed E-state index contributed by atoms with van der Waals surface area (Å²) < 4.78 is 0. The Labute approximate surface area is 345 Å². The van der Waals surface area contributed by atoms with Gasteiger partial charge in [0, 0.05) is 6.42 Å². The van der Waals surface area contributed by atoms with Crippen molar-refractivity contribution < 1.29 is 15.0 Å². The molecule has 4 nitrogen and oxygen atoms in total. The minimum absolute atomic E-state index is 0.0655. The molecule has 0 saturated heterocycles. The van der Waals surface area contributed by atoms with Crippen molar-refractivity contribution >= 4 is 5.91 Å². The minimum Gasteiger partial charge on any atom is -0.394 e. The molecule has 2 unspecified atom stereocenters. The number of carbonyl (C=O) groups is 1. The zero-order valence-corrected chi connectivity index (χ0v) is 37.5. The normalized spacial score (nSPS) is 13.0. The van der Waals surface area contributed by atoms with Crippen LogP contribution in [0.2, 0.25) is 0 Å². The van der Waals surface area contributed by atoms with Crippen LogP contribution in [-0.4, -0.2) is 34.9 Å². The highest BCUT2D eigenvalue weighted by molar-refractivity contribution is 5.76. The fourth-order valence-corrected chi connectivity index (χ4v) is 7.82. The van der Waals surface area contributed by atoms with Gasteiger partial charge in [-0.05, 0) is 44.9 Å². The van der Waals surface area contributed by atoms with Gasteiger partial charge in [0.05, 0.1) is 18.8 Å². The molecule has 0 radical (unpaired) electrons. The van der Waals surface area contributed by atoms with E-state index in [2.05, 4.69) is 31.3 Å². The highest BCUT2D eigenvalue weighted by Gasteiger charge is 2.18. The Kier molecular flexibility index (Phi) is 46.3. The van der Waals surface area contributed by atoms with Crippen molar-refractivity contribution in [3.05, 3.63) is 24.3 Å². The second-order valence-corrected chi connectivity index (χ2v) is 17.2. The Morgan fingerprint density at radius 3 is 1.00 bits per heavy atom. The van der Waals surface area contributed by atoms with Gasteiger partial charge in [-0.2, -0.15) is 0 Å². The molecule has 0 aliphatic heterocycles. The molecule has 4 heteroatoms. The highest BCUT2D eigenvalue weighted by atomic mass is 16.3. The predicted molar refractivity (Wildman–Crippen MR) is 244 cm³/mol. The van der Waals surface area contributed by atoms with Crippen LogP contribution >= 0.6 is 0 Å². The average molecular weight is 774 g/mol. The number of carbonyl (C=O) groups excluding carboxylic acids is 1. The summed E-state index contributed by atoms with van der Waals surface area (Å²) in [6, 6.07) is -0.622. The van der Waals surface area contributed by atoms with E-state index in [0.717, 1.165) is 25.7 Å². The maximum atomic E-state index is 12.4. The molecule has 0 aromatic carbocycles. The molecule has 0 aromatic heterocycles. The molecule has 0 bridgehead atoms. The Balaban J connectivity index is 3.49. The quantitative estimate of drug-likeness (QED) is 0.0426. The van der Waals surface area contributed by atoms with Gasteiger partial charge in [-0.1, -0.05) is 250 Å². The van der Waals surface area contributed by atoms with Crippen LogP contribution in [0, 0.1) is 0 Å². The summed E-state index contributed by atoms with van der Waals surface area (Å²) in [6.07, 6.45) is 61.7. The molecule has 0 aromatic rings. The van der Waals surface area contributed by atoms with E-state index in [4.69, 9.17) is 0 Å². The van der Waals surface area contributed by atoms with Crippen molar-refractivity contribution in [3.8, 4) is 0 Å². The molecule has 0 rings (SSSR count). The SMILES string of the molecule is CCCCCCCC/C=C\CCCCCCCCCC(=O)NC(CO)C(O)/C=C/CCCCCCCCCCCCCCCCCCCCCCCCCC. The molecule has 326 valence electrons. The summed E-state index contributed by atoms with van der Waals surface area (Å²) in [5, 5.41) is 23.1. The van der Waals surface area contributed by atoms with Crippen molar-refractivity contribution in [2.24, 2.45) is 0 Å². The van der Waals surface area contributed by atoms with Crippen molar-refractivity contribution in [1.29, 1.82) is 0 Å². The van der Waals surface area contributed by atoms with Crippen molar-refractivity contribution in [2.45, 2.75) is 289 Å². The molecule has 3 N–H and O–H groups in total. The number of nitrogens with one attached hydrogen (secondary N) is 1. The molecule has 0 aliphatic carbocycles. The van der Waals surface area contributed by atoms with Crippen LogP contribution in [0.4, 0.5) is 0 Å². The first kappa shape index (κ1) is 53.9. The molecule has 0 aliphatic rings. The summed E-state index contributed by atoms with van der Waals surface area (Å²) >= 11 is 0. The zero-order chi connectivity index (χ0) is 40.0. The lowest BCUT2D eigenvalue weighted by Crippen LogP contribution is -2.45. The third-order valence-corrected chi connectivity index (χ3v) is 11.7. The van der Waals surface area contributed by atoms with Crippen molar-refractivity contribution in [2.75, 3.05) is 6.61 Å². The molecule has 0 spiro atoms. The molecule has 0 saturated carbocycles. The first-order valence-electron chi connectivity index (χ1n) is 25.1. The molecule has 0 heterocycles. The van der Waals surface area contributed by atoms with Crippen LogP contribution < -0.4 is 5.32 Å². The third-order valence-electron chi connectivity index (χ3n) is 11.7. The highest BCUT2D eigenvalue weighted by Crippen LogP contribution is 2.17. The van der Waals surface area contributed by atoms with Crippen LogP contribution in [0.25, 0.3) is 0 Å².